The lowest BCUT2D eigenvalue weighted by molar-refractivity contribution is -0.140. The Morgan fingerprint density at radius 3 is 2.22 bits per heavy atom. The van der Waals surface area contributed by atoms with Crippen molar-refractivity contribution >= 4 is 62.3 Å². The summed E-state index contributed by atoms with van der Waals surface area (Å²) in [5.41, 5.74) is -1.28. The molecule has 1 saturated carbocycles. The fourth-order valence-electron chi connectivity index (χ4n) is 5.23. The second kappa shape index (κ2) is 14.6. The Morgan fingerprint density at radius 2 is 1.62 bits per heavy atom. The Bertz CT molecular complexity index is 1640. The summed E-state index contributed by atoms with van der Waals surface area (Å²) in [6, 6.07) is 12.7. The minimum Gasteiger partial charge on any atom is -0.352 e. The summed E-state index contributed by atoms with van der Waals surface area (Å²) in [5, 5.41) is 3.21. The third-order valence-corrected chi connectivity index (χ3v) is 10.3. The quantitative estimate of drug-likeness (QED) is 0.222. The van der Waals surface area contributed by atoms with E-state index in [1.54, 1.807) is 25.1 Å². The van der Waals surface area contributed by atoms with Crippen LogP contribution in [0.15, 0.2) is 71.6 Å². The topological polar surface area (TPSA) is 86.8 Å². The predicted molar refractivity (Wildman–Crippen MR) is 169 cm³/mol. The molecule has 0 unspecified atom stereocenters. The number of alkyl halides is 3. The number of anilines is 1. The molecule has 0 saturated heterocycles. The van der Waals surface area contributed by atoms with E-state index in [-0.39, 0.29) is 33.9 Å². The Hall–Kier alpha value is -2.99. The summed E-state index contributed by atoms with van der Waals surface area (Å²) in [6.07, 6.45) is -1.18. The third-order valence-electron chi connectivity index (χ3n) is 7.60. The first kappa shape index (κ1) is 34.9. The molecule has 1 fully saturated rings. The minimum atomic E-state index is -4.82. The van der Waals surface area contributed by atoms with Crippen LogP contribution in [0.2, 0.25) is 15.1 Å². The Labute approximate surface area is 275 Å². The molecule has 0 bridgehead atoms. The van der Waals surface area contributed by atoms with E-state index < -0.39 is 51.9 Å². The molecule has 1 aliphatic rings. The molecule has 0 heterocycles. The van der Waals surface area contributed by atoms with Gasteiger partial charge in [-0.2, -0.15) is 13.2 Å². The van der Waals surface area contributed by atoms with Gasteiger partial charge in [-0.25, -0.2) is 8.42 Å². The van der Waals surface area contributed by atoms with Crippen LogP contribution in [0.1, 0.15) is 50.2 Å². The number of hydrogen-bond acceptors (Lipinski definition) is 4. The van der Waals surface area contributed by atoms with E-state index in [4.69, 9.17) is 34.8 Å². The van der Waals surface area contributed by atoms with Crippen molar-refractivity contribution in [2.75, 3.05) is 10.8 Å². The highest BCUT2D eigenvalue weighted by Crippen LogP contribution is 2.37. The maximum absolute atomic E-state index is 14.2. The number of carbonyl (C=O) groups excluding carboxylic acids is 2. The van der Waals surface area contributed by atoms with Crippen LogP contribution in [0.3, 0.4) is 0 Å². The zero-order valence-corrected chi connectivity index (χ0v) is 27.2. The van der Waals surface area contributed by atoms with E-state index in [0.29, 0.717) is 21.0 Å². The first-order valence-electron chi connectivity index (χ1n) is 14.2. The zero-order chi connectivity index (χ0) is 32.9. The van der Waals surface area contributed by atoms with Crippen LogP contribution in [0, 0.1) is 0 Å². The molecule has 4 rings (SSSR count). The highest BCUT2D eigenvalue weighted by molar-refractivity contribution is 7.92. The van der Waals surface area contributed by atoms with Gasteiger partial charge >= 0.3 is 6.18 Å². The number of benzene rings is 3. The number of hydrogen-bond donors (Lipinski definition) is 1. The number of nitrogens with zero attached hydrogens (tertiary/aromatic N) is 2. The number of sulfonamides is 1. The second-order valence-electron chi connectivity index (χ2n) is 10.7. The van der Waals surface area contributed by atoms with Crippen LogP contribution in [0.4, 0.5) is 18.9 Å². The number of amides is 2. The molecule has 1 atom stereocenters. The van der Waals surface area contributed by atoms with Gasteiger partial charge in [0.1, 0.15) is 12.6 Å². The van der Waals surface area contributed by atoms with Crippen LogP contribution < -0.4 is 9.62 Å². The van der Waals surface area contributed by atoms with E-state index in [9.17, 15) is 31.2 Å². The smallest absolute Gasteiger partial charge is 0.352 e. The van der Waals surface area contributed by atoms with Gasteiger partial charge in [0.05, 0.1) is 21.2 Å². The molecular weight excluding hydrogens is 674 g/mol. The van der Waals surface area contributed by atoms with Crippen molar-refractivity contribution in [1.82, 2.24) is 10.2 Å². The van der Waals surface area contributed by atoms with Gasteiger partial charge in [0.15, 0.2) is 0 Å². The third kappa shape index (κ3) is 8.44. The molecule has 1 aliphatic carbocycles. The van der Waals surface area contributed by atoms with Crippen LogP contribution in [0.25, 0.3) is 0 Å². The lowest BCUT2D eigenvalue weighted by Crippen LogP contribution is -2.53. The van der Waals surface area contributed by atoms with Gasteiger partial charge in [-0.15, -0.1) is 0 Å². The van der Waals surface area contributed by atoms with Gasteiger partial charge in [0, 0.05) is 22.6 Å². The lowest BCUT2D eigenvalue weighted by atomic mass is 10.1. The molecule has 3 aromatic carbocycles. The van der Waals surface area contributed by atoms with Crippen LogP contribution in [0.5, 0.6) is 0 Å². The summed E-state index contributed by atoms with van der Waals surface area (Å²) in [7, 11) is -4.64. The maximum atomic E-state index is 14.2. The van der Waals surface area contributed by atoms with Crippen molar-refractivity contribution in [3.63, 3.8) is 0 Å². The first-order chi connectivity index (χ1) is 21.2. The van der Waals surface area contributed by atoms with E-state index >= 15 is 0 Å². The molecule has 0 radical (unpaired) electrons. The van der Waals surface area contributed by atoms with Gasteiger partial charge in [-0.3, -0.25) is 13.9 Å². The predicted octanol–water partition coefficient (Wildman–Crippen LogP) is 7.73. The molecule has 14 heteroatoms. The fraction of sp³-hybridized carbons (Fsp3) is 0.355. The average molecular weight is 705 g/mol. The monoisotopic (exact) mass is 703 g/mol. The molecule has 3 aromatic rings. The second-order valence-corrected chi connectivity index (χ2v) is 13.8. The van der Waals surface area contributed by atoms with Crippen molar-refractivity contribution in [1.29, 1.82) is 0 Å². The Balaban J connectivity index is 1.80. The molecule has 2 amide bonds. The van der Waals surface area contributed by atoms with Gasteiger partial charge in [-0.1, -0.05) is 78.8 Å². The van der Waals surface area contributed by atoms with Crippen LogP contribution in [-0.4, -0.2) is 43.8 Å². The van der Waals surface area contributed by atoms with Gasteiger partial charge in [0.2, 0.25) is 11.8 Å². The minimum absolute atomic E-state index is 0.0681. The molecule has 242 valence electrons. The van der Waals surface area contributed by atoms with E-state index in [0.717, 1.165) is 37.8 Å². The first-order valence-corrected chi connectivity index (χ1v) is 16.8. The fourth-order valence-corrected chi connectivity index (χ4v) is 7.42. The number of nitrogens with one attached hydrogen (secondary N) is 1. The number of carbonyl (C=O) groups is 2. The lowest BCUT2D eigenvalue weighted by Gasteiger charge is -2.34. The molecular formula is C31H31Cl3F3N3O4S. The Morgan fingerprint density at radius 1 is 0.956 bits per heavy atom. The highest BCUT2D eigenvalue weighted by atomic mass is 35.5. The number of rotatable bonds is 11. The SMILES string of the molecule is CC[C@@H](C(=O)NC1CCCC1)N(Cc1ccc(Cl)cc1Cl)C(=O)CN(c1cc(C(F)(F)F)ccc1Cl)S(=O)(=O)c1ccccc1. The van der Waals surface area contributed by atoms with Crippen LogP contribution in [-0.2, 0) is 32.3 Å². The largest absolute Gasteiger partial charge is 0.416 e. The summed E-state index contributed by atoms with van der Waals surface area (Å²) < 4.78 is 69.7. The molecule has 7 nitrogen and oxygen atoms in total. The molecule has 0 aromatic heterocycles. The standard InChI is InChI=1S/C31H31Cl3F3N3O4S/c1-2-27(30(42)38-23-8-6-7-9-23)39(18-20-12-14-22(32)17-26(20)34)29(41)19-40(45(43,44)24-10-4-3-5-11-24)28-16-21(31(35,36)37)13-15-25(28)33/h3-5,10-17,23,27H,2,6-9,18-19H2,1H3,(H,38,42)/t27-/m0/s1. The summed E-state index contributed by atoms with van der Waals surface area (Å²) >= 11 is 18.8. The van der Waals surface area contributed by atoms with Gasteiger partial charge < -0.3 is 10.2 Å². The van der Waals surface area contributed by atoms with Gasteiger partial charge in [0.25, 0.3) is 10.0 Å². The van der Waals surface area contributed by atoms with Crippen molar-refractivity contribution < 1.29 is 31.2 Å². The van der Waals surface area contributed by atoms with Crippen molar-refractivity contribution in [2.45, 2.75) is 68.7 Å². The molecule has 45 heavy (non-hydrogen) atoms. The number of halogens is 6. The van der Waals surface area contributed by atoms with Crippen LogP contribution >= 0.6 is 34.8 Å². The van der Waals surface area contributed by atoms with Gasteiger partial charge in [-0.05, 0) is 67.3 Å². The van der Waals surface area contributed by atoms with Crippen molar-refractivity contribution in [3.8, 4) is 0 Å². The summed E-state index contributed by atoms with van der Waals surface area (Å²) in [4.78, 5) is 28.7. The highest BCUT2D eigenvalue weighted by Gasteiger charge is 2.37. The van der Waals surface area contributed by atoms with E-state index in [1.165, 1.54) is 35.2 Å². The Kier molecular flexibility index (Phi) is 11.3. The zero-order valence-electron chi connectivity index (χ0n) is 24.2. The molecule has 0 spiro atoms. The van der Waals surface area contributed by atoms with Crippen molar-refractivity contribution in [2.24, 2.45) is 0 Å². The summed E-state index contributed by atoms with van der Waals surface area (Å²) in [6.45, 7) is 0.530. The molecule has 1 N–H and O–H groups in total. The van der Waals surface area contributed by atoms with Crippen molar-refractivity contribution in [3.05, 3.63) is 92.9 Å². The average Bonchev–Trinajstić information content (AvgIpc) is 3.50. The maximum Gasteiger partial charge on any atom is 0.416 e. The summed E-state index contributed by atoms with van der Waals surface area (Å²) in [5.74, 6) is -1.29. The normalized spacial score (nSPS) is 14.6. The molecule has 0 aliphatic heterocycles. The van der Waals surface area contributed by atoms with E-state index in [2.05, 4.69) is 5.32 Å². The van der Waals surface area contributed by atoms with E-state index in [1.807, 2.05) is 0 Å².